The van der Waals surface area contributed by atoms with E-state index in [-0.39, 0.29) is 23.4 Å². The minimum Gasteiger partial charge on any atom is -0.497 e. The zero-order chi connectivity index (χ0) is 30.3. The van der Waals surface area contributed by atoms with Crippen molar-refractivity contribution in [3.8, 4) is 5.75 Å². The molecule has 0 heterocycles. The van der Waals surface area contributed by atoms with Crippen molar-refractivity contribution in [1.29, 1.82) is 0 Å². The van der Waals surface area contributed by atoms with Crippen molar-refractivity contribution in [2.45, 2.75) is 64.6 Å². The number of nitrogens with one attached hydrogen (secondary N) is 1. The average molecular weight is 600 g/mol. The molecule has 0 saturated heterocycles. The first kappa shape index (κ1) is 32.0. The molecule has 0 fully saturated rings. The van der Waals surface area contributed by atoms with Crippen molar-refractivity contribution in [2.75, 3.05) is 18.0 Å². The summed E-state index contributed by atoms with van der Waals surface area (Å²) in [6.07, 6.45) is 0.727. The first-order chi connectivity index (χ1) is 19.4. The van der Waals surface area contributed by atoms with Crippen LogP contribution in [-0.2, 0) is 26.2 Å². The molecule has 3 rings (SSSR count). The van der Waals surface area contributed by atoms with Gasteiger partial charge in [-0.1, -0.05) is 36.7 Å². The fourth-order valence-corrected chi connectivity index (χ4v) is 5.65. The van der Waals surface area contributed by atoms with E-state index >= 15 is 0 Å². The molecule has 0 bridgehead atoms. The number of sulfonamides is 1. The van der Waals surface area contributed by atoms with Gasteiger partial charge in [0.05, 0.1) is 17.7 Å². The Labute approximate surface area is 248 Å². The lowest BCUT2D eigenvalue weighted by Gasteiger charge is -2.32. The quantitative estimate of drug-likeness (QED) is 0.297. The Kier molecular flexibility index (Phi) is 10.8. The number of anilines is 1. The summed E-state index contributed by atoms with van der Waals surface area (Å²) in [5.74, 6) is -0.188. The summed E-state index contributed by atoms with van der Waals surface area (Å²) in [6.45, 7) is 8.89. The minimum atomic E-state index is -4.17. The Balaban J connectivity index is 2.04. The average Bonchev–Trinajstić information content (AvgIpc) is 2.96. The maximum absolute atomic E-state index is 14.0. The molecule has 0 aliphatic rings. The normalized spacial score (nSPS) is 12.8. The first-order valence-electron chi connectivity index (χ1n) is 13.5. The van der Waals surface area contributed by atoms with Gasteiger partial charge in [-0.25, -0.2) is 8.42 Å². The highest BCUT2D eigenvalue weighted by atomic mass is 35.5. The zero-order valence-electron chi connectivity index (χ0n) is 24.3. The highest BCUT2D eigenvalue weighted by molar-refractivity contribution is 7.92. The summed E-state index contributed by atoms with van der Waals surface area (Å²) in [5, 5.41) is 3.32. The van der Waals surface area contributed by atoms with E-state index in [9.17, 15) is 18.0 Å². The molecule has 0 unspecified atom stereocenters. The van der Waals surface area contributed by atoms with Gasteiger partial charge in [-0.05, 0) is 99.3 Å². The molecule has 0 aromatic heterocycles. The topological polar surface area (TPSA) is 96.0 Å². The maximum Gasteiger partial charge on any atom is 0.264 e. The van der Waals surface area contributed by atoms with Gasteiger partial charge < -0.3 is 15.0 Å². The van der Waals surface area contributed by atoms with E-state index in [0.717, 1.165) is 27.4 Å². The number of amides is 2. The highest BCUT2D eigenvalue weighted by Gasteiger charge is 2.33. The van der Waals surface area contributed by atoms with E-state index < -0.39 is 28.5 Å². The third kappa shape index (κ3) is 8.01. The van der Waals surface area contributed by atoms with Crippen LogP contribution < -0.4 is 14.4 Å². The second-order valence-corrected chi connectivity index (χ2v) is 12.4. The Bertz CT molecular complexity index is 1460. The van der Waals surface area contributed by atoms with Crippen molar-refractivity contribution >= 4 is 39.1 Å². The number of rotatable bonds is 12. The number of methoxy groups -OCH3 is 1. The standard InChI is InChI=1S/C31H38ClN3O5S/c1-7-23(4)33-31(37)24(5)34(19-25-9-14-28(40-6)15-10-25)30(36)20-35(27-13-8-21(2)22(3)18-27)41(38,39)29-16-11-26(32)12-17-29/h8-18,23-24H,7,19-20H2,1-6H3,(H,33,37)/t23-,24-/m0/s1. The number of carbonyl (C=O) groups excluding carboxylic acids is 2. The number of hydrogen-bond acceptors (Lipinski definition) is 5. The molecule has 3 aromatic carbocycles. The molecule has 0 radical (unpaired) electrons. The summed E-state index contributed by atoms with van der Waals surface area (Å²) in [5.41, 5.74) is 2.97. The number of nitrogens with zero attached hydrogens (tertiary/aromatic N) is 2. The largest absolute Gasteiger partial charge is 0.497 e. The summed E-state index contributed by atoms with van der Waals surface area (Å²) in [4.78, 5) is 28.6. The Morgan fingerprint density at radius 3 is 2.15 bits per heavy atom. The smallest absolute Gasteiger partial charge is 0.264 e. The number of benzene rings is 3. The van der Waals surface area contributed by atoms with Crippen LogP contribution in [0.5, 0.6) is 5.75 Å². The van der Waals surface area contributed by atoms with Crippen molar-refractivity contribution in [3.63, 3.8) is 0 Å². The van der Waals surface area contributed by atoms with Gasteiger partial charge in [0.1, 0.15) is 18.3 Å². The van der Waals surface area contributed by atoms with E-state index in [2.05, 4.69) is 5.32 Å². The molecule has 41 heavy (non-hydrogen) atoms. The Morgan fingerprint density at radius 2 is 1.59 bits per heavy atom. The molecule has 0 saturated carbocycles. The SMILES string of the molecule is CC[C@H](C)NC(=O)[C@H](C)N(Cc1ccc(OC)cc1)C(=O)CN(c1ccc(C)c(C)c1)S(=O)(=O)c1ccc(Cl)cc1. The van der Waals surface area contributed by atoms with Gasteiger partial charge in [0, 0.05) is 17.6 Å². The van der Waals surface area contributed by atoms with E-state index in [4.69, 9.17) is 16.3 Å². The molecule has 2 amide bonds. The third-order valence-electron chi connectivity index (χ3n) is 7.14. The summed E-state index contributed by atoms with van der Waals surface area (Å²) in [7, 11) is -2.61. The number of carbonyl (C=O) groups is 2. The predicted molar refractivity (Wildman–Crippen MR) is 163 cm³/mol. The molecule has 8 nitrogen and oxygen atoms in total. The van der Waals surface area contributed by atoms with Gasteiger partial charge >= 0.3 is 0 Å². The molecular weight excluding hydrogens is 562 g/mol. The number of hydrogen-bond donors (Lipinski definition) is 1. The molecule has 2 atom stereocenters. The van der Waals surface area contributed by atoms with Crippen LogP contribution in [0.4, 0.5) is 5.69 Å². The van der Waals surface area contributed by atoms with Crippen LogP contribution in [0.1, 0.15) is 43.9 Å². The van der Waals surface area contributed by atoms with E-state index in [0.29, 0.717) is 16.5 Å². The lowest BCUT2D eigenvalue weighted by atomic mass is 10.1. The Hall–Kier alpha value is -3.56. The van der Waals surface area contributed by atoms with Gasteiger partial charge in [-0.3, -0.25) is 13.9 Å². The van der Waals surface area contributed by atoms with Crippen LogP contribution in [0.25, 0.3) is 0 Å². The van der Waals surface area contributed by atoms with E-state index in [1.54, 1.807) is 38.3 Å². The summed E-state index contributed by atoms with van der Waals surface area (Å²) < 4.78 is 34.2. The van der Waals surface area contributed by atoms with Crippen LogP contribution in [-0.4, -0.2) is 50.9 Å². The maximum atomic E-state index is 14.0. The molecule has 0 aliphatic heterocycles. The molecule has 3 aromatic rings. The molecule has 0 spiro atoms. The molecule has 0 aliphatic carbocycles. The van der Waals surface area contributed by atoms with Gasteiger partial charge in [0.15, 0.2) is 0 Å². The second-order valence-electron chi connectivity index (χ2n) is 10.1. The monoisotopic (exact) mass is 599 g/mol. The fourth-order valence-electron chi connectivity index (χ4n) is 4.12. The number of ether oxygens (including phenoxy) is 1. The molecule has 10 heteroatoms. The first-order valence-corrected chi connectivity index (χ1v) is 15.3. The van der Waals surface area contributed by atoms with Crippen molar-refractivity contribution < 1.29 is 22.7 Å². The van der Waals surface area contributed by atoms with Gasteiger partial charge in [-0.2, -0.15) is 0 Å². The summed E-state index contributed by atoms with van der Waals surface area (Å²) in [6, 6.07) is 17.3. The van der Waals surface area contributed by atoms with Gasteiger partial charge in [0.25, 0.3) is 10.0 Å². The molecule has 1 N–H and O–H groups in total. The van der Waals surface area contributed by atoms with Crippen molar-refractivity contribution in [3.05, 3.63) is 88.4 Å². The van der Waals surface area contributed by atoms with E-state index in [1.165, 1.54) is 29.2 Å². The lowest BCUT2D eigenvalue weighted by Crippen LogP contribution is -2.52. The lowest BCUT2D eigenvalue weighted by molar-refractivity contribution is -0.139. The van der Waals surface area contributed by atoms with Crippen molar-refractivity contribution in [2.24, 2.45) is 0 Å². The van der Waals surface area contributed by atoms with Crippen LogP contribution in [0.2, 0.25) is 5.02 Å². The molecular formula is C31H38ClN3O5S. The third-order valence-corrected chi connectivity index (χ3v) is 9.18. The van der Waals surface area contributed by atoms with Crippen LogP contribution in [0.3, 0.4) is 0 Å². The van der Waals surface area contributed by atoms with Gasteiger partial charge in [0.2, 0.25) is 11.8 Å². The highest BCUT2D eigenvalue weighted by Crippen LogP contribution is 2.27. The molecule has 220 valence electrons. The number of aryl methyl sites for hydroxylation is 2. The Morgan fingerprint density at radius 1 is 0.951 bits per heavy atom. The minimum absolute atomic E-state index is 0.00260. The predicted octanol–water partition coefficient (Wildman–Crippen LogP) is 5.49. The van der Waals surface area contributed by atoms with Crippen LogP contribution >= 0.6 is 11.6 Å². The fraction of sp³-hybridized carbons (Fsp3) is 0.355. The van der Waals surface area contributed by atoms with Crippen molar-refractivity contribution in [1.82, 2.24) is 10.2 Å². The van der Waals surface area contributed by atoms with Crippen LogP contribution in [0.15, 0.2) is 71.6 Å². The summed E-state index contributed by atoms with van der Waals surface area (Å²) >= 11 is 6.01. The van der Waals surface area contributed by atoms with E-state index in [1.807, 2.05) is 45.9 Å². The van der Waals surface area contributed by atoms with Crippen LogP contribution in [0, 0.1) is 13.8 Å². The second kappa shape index (κ2) is 13.9. The zero-order valence-corrected chi connectivity index (χ0v) is 25.9. The number of halogens is 1. The van der Waals surface area contributed by atoms with Gasteiger partial charge in [-0.15, -0.1) is 0 Å².